The first-order valence-corrected chi connectivity index (χ1v) is 7.57. The molecule has 2 saturated heterocycles. The molecule has 1 aromatic heterocycles. The summed E-state index contributed by atoms with van der Waals surface area (Å²) in [5.41, 5.74) is 0. The summed E-state index contributed by atoms with van der Waals surface area (Å²) >= 11 is 0. The topological polar surface area (TPSA) is 85.8 Å². The van der Waals surface area contributed by atoms with Crippen LogP contribution in [0.5, 0.6) is 0 Å². The third kappa shape index (κ3) is 3.13. The number of anilines is 1. The average molecular weight is 304 g/mol. The number of amides is 2. The number of urea groups is 1. The molecular weight excluding hydrogens is 284 g/mol. The molecular formula is C15H20N4O3. The molecule has 0 saturated carbocycles. The van der Waals surface area contributed by atoms with Gasteiger partial charge in [-0.05, 0) is 25.0 Å². The first kappa shape index (κ1) is 14.6. The lowest BCUT2D eigenvalue weighted by Gasteiger charge is -2.21. The molecule has 0 radical (unpaired) electrons. The lowest BCUT2D eigenvalue weighted by molar-refractivity contribution is -0.141. The van der Waals surface area contributed by atoms with E-state index in [4.69, 9.17) is 5.11 Å². The Morgan fingerprint density at radius 2 is 2.09 bits per heavy atom. The van der Waals surface area contributed by atoms with Gasteiger partial charge in [-0.2, -0.15) is 0 Å². The number of likely N-dealkylation sites (tertiary alicyclic amines) is 1. The number of nitrogens with zero attached hydrogens (tertiary/aromatic N) is 3. The standard InChI is InChI=1S/C15H20N4O3/c20-14(21)11-4-7-19(9-11)15(22)17-12-5-8-18(10-12)13-3-1-2-6-16-13/h1-3,6,11-12H,4-5,7-10H2,(H,17,22)(H,20,21). The largest absolute Gasteiger partial charge is 0.481 e. The molecule has 2 amide bonds. The van der Waals surface area contributed by atoms with E-state index in [2.05, 4.69) is 15.2 Å². The zero-order valence-corrected chi connectivity index (χ0v) is 12.3. The number of carbonyl (C=O) groups is 2. The molecule has 0 bridgehead atoms. The molecule has 2 N–H and O–H groups in total. The van der Waals surface area contributed by atoms with Crippen LogP contribution in [0.2, 0.25) is 0 Å². The molecule has 118 valence electrons. The minimum atomic E-state index is -0.822. The molecule has 0 aromatic carbocycles. The van der Waals surface area contributed by atoms with Crippen LogP contribution < -0.4 is 10.2 Å². The minimum absolute atomic E-state index is 0.0818. The minimum Gasteiger partial charge on any atom is -0.481 e. The summed E-state index contributed by atoms with van der Waals surface area (Å²) < 4.78 is 0. The van der Waals surface area contributed by atoms with E-state index in [1.807, 2.05) is 18.2 Å². The molecule has 3 heterocycles. The molecule has 2 unspecified atom stereocenters. The number of aliphatic carboxylic acids is 1. The Labute approximate surface area is 128 Å². The second-order valence-corrected chi connectivity index (χ2v) is 5.84. The lowest BCUT2D eigenvalue weighted by Crippen LogP contribution is -2.45. The summed E-state index contributed by atoms with van der Waals surface area (Å²) in [5.74, 6) is -0.330. The predicted molar refractivity (Wildman–Crippen MR) is 80.7 cm³/mol. The molecule has 2 fully saturated rings. The normalized spacial score (nSPS) is 24.5. The monoisotopic (exact) mass is 304 g/mol. The van der Waals surface area contributed by atoms with Crippen molar-refractivity contribution in [1.29, 1.82) is 0 Å². The summed E-state index contributed by atoms with van der Waals surface area (Å²) in [4.78, 5) is 31.2. The molecule has 1 aromatic rings. The predicted octanol–water partition coefficient (Wildman–Crippen LogP) is 0.776. The number of pyridine rings is 1. The molecule has 0 spiro atoms. The zero-order chi connectivity index (χ0) is 15.5. The van der Waals surface area contributed by atoms with Crippen LogP contribution in [0.15, 0.2) is 24.4 Å². The number of carboxylic acids is 1. The van der Waals surface area contributed by atoms with E-state index in [0.29, 0.717) is 19.5 Å². The number of hydrogen-bond acceptors (Lipinski definition) is 4. The molecule has 7 nitrogen and oxygen atoms in total. The van der Waals surface area contributed by atoms with Crippen LogP contribution in [-0.4, -0.2) is 59.2 Å². The van der Waals surface area contributed by atoms with Crippen molar-refractivity contribution < 1.29 is 14.7 Å². The fourth-order valence-corrected chi connectivity index (χ4v) is 3.04. The van der Waals surface area contributed by atoms with E-state index in [0.717, 1.165) is 25.3 Å². The van der Waals surface area contributed by atoms with E-state index in [9.17, 15) is 9.59 Å². The molecule has 3 rings (SSSR count). The Hall–Kier alpha value is -2.31. The highest BCUT2D eigenvalue weighted by molar-refractivity contribution is 5.77. The maximum absolute atomic E-state index is 12.2. The zero-order valence-electron chi connectivity index (χ0n) is 12.3. The first-order chi connectivity index (χ1) is 10.6. The SMILES string of the molecule is O=C(O)C1CCN(C(=O)NC2CCN(c3ccccn3)C2)C1. The Morgan fingerprint density at radius 3 is 2.77 bits per heavy atom. The molecule has 2 aliphatic heterocycles. The van der Waals surface area contributed by atoms with Crippen molar-refractivity contribution in [2.24, 2.45) is 5.92 Å². The van der Waals surface area contributed by atoms with Gasteiger partial charge in [-0.1, -0.05) is 6.07 Å². The van der Waals surface area contributed by atoms with E-state index >= 15 is 0 Å². The third-order valence-corrected chi connectivity index (χ3v) is 4.31. The Morgan fingerprint density at radius 1 is 1.23 bits per heavy atom. The van der Waals surface area contributed by atoms with Gasteiger partial charge in [0.25, 0.3) is 0 Å². The molecule has 7 heteroatoms. The van der Waals surface area contributed by atoms with Gasteiger partial charge in [0.15, 0.2) is 0 Å². The molecule has 0 aliphatic carbocycles. The molecule has 2 atom stereocenters. The lowest BCUT2D eigenvalue weighted by atomic mass is 10.1. The molecule has 22 heavy (non-hydrogen) atoms. The van der Waals surface area contributed by atoms with Crippen LogP contribution in [-0.2, 0) is 4.79 Å². The smallest absolute Gasteiger partial charge is 0.317 e. The van der Waals surface area contributed by atoms with Crippen molar-refractivity contribution in [3.05, 3.63) is 24.4 Å². The highest BCUT2D eigenvalue weighted by Gasteiger charge is 2.32. The van der Waals surface area contributed by atoms with E-state index in [-0.39, 0.29) is 12.1 Å². The van der Waals surface area contributed by atoms with Crippen LogP contribution in [0.3, 0.4) is 0 Å². The highest BCUT2D eigenvalue weighted by Crippen LogP contribution is 2.19. The number of hydrogen-bond donors (Lipinski definition) is 2. The number of rotatable bonds is 3. The van der Waals surface area contributed by atoms with Gasteiger partial charge in [-0.15, -0.1) is 0 Å². The fourth-order valence-electron chi connectivity index (χ4n) is 3.04. The first-order valence-electron chi connectivity index (χ1n) is 7.57. The fraction of sp³-hybridized carbons (Fsp3) is 0.533. The average Bonchev–Trinajstić information content (AvgIpc) is 3.17. The highest BCUT2D eigenvalue weighted by atomic mass is 16.4. The van der Waals surface area contributed by atoms with Crippen LogP contribution in [0.4, 0.5) is 10.6 Å². The van der Waals surface area contributed by atoms with Crippen molar-refractivity contribution in [1.82, 2.24) is 15.2 Å². The van der Waals surface area contributed by atoms with Gasteiger partial charge in [0.1, 0.15) is 5.82 Å². The van der Waals surface area contributed by atoms with Crippen molar-refractivity contribution in [2.75, 3.05) is 31.1 Å². The third-order valence-electron chi connectivity index (χ3n) is 4.31. The van der Waals surface area contributed by atoms with Crippen molar-refractivity contribution in [2.45, 2.75) is 18.9 Å². The van der Waals surface area contributed by atoms with Crippen LogP contribution >= 0.6 is 0 Å². The van der Waals surface area contributed by atoms with Crippen molar-refractivity contribution in [3.63, 3.8) is 0 Å². The summed E-state index contributed by atoms with van der Waals surface area (Å²) in [7, 11) is 0. The summed E-state index contributed by atoms with van der Waals surface area (Å²) in [6.45, 7) is 2.41. The van der Waals surface area contributed by atoms with E-state index < -0.39 is 11.9 Å². The Balaban J connectivity index is 1.50. The van der Waals surface area contributed by atoms with Gasteiger partial charge >= 0.3 is 12.0 Å². The van der Waals surface area contributed by atoms with E-state index in [1.165, 1.54) is 0 Å². The number of aromatic nitrogens is 1. The number of carboxylic acid groups (broad SMARTS) is 1. The van der Waals surface area contributed by atoms with Gasteiger partial charge in [-0.3, -0.25) is 4.79 Å². The quantitative estimate of drug-likeness (QED) is 0.862. The second-order valence-electron chi connectivity index (χ2n) is 5.84. The van der Waals surface area contributed by atoms with Gasteiger partial charge < -0.3 is 20.2 Å². The van der Waals surface area contributed by atoms with Crippen LogP contribution in [0.25, 0.3) is 0 Å². The van der Waals surface area contributed by atoms with Gasteiger partial charge in [-0.25, -0.2) is 9.78 Å². The Bertz CT molecular complexity index is 551. The maximum Gasteiger partial charge on any atom is 0.317 e. The summed E-state index contributed by atoms with van der Waals surface area (Å²) in [6.07, 6.45) is 3.17. The van der Waals surface area contributed by atoms with Gasteiger partial charge in [0, 0.05) is 38.4 Å². The van der Waals surface area contributed by atoms with Gasteiger partial charge in [0.05, 0.1) is 5.92 Å². The summed E-state index contributed by atoms with van der Waals surface area (Å²) in [6, 6.07) is 5.72. The Kier molecular flexibility index (Phi) is 4.13. The second kappa shape index (κ2) is 6.21. The van der Waals surface area contributed by atoms with Crippen molar-refractivity contribution >= 4 is 17.8 Å². The van der Waals surface area contributed by atoms with Crippen LogP contribution in [0.1, 0.15) is 12.8 Å². The van der Waals surface area contributed by atoms with Crippen molar-refractivity contribution in [3.8, 4) is 0 Å². The number of nitrogens with one attached hydrogen (secondary N) is 1. The van der Waals surface area contributed by atoms with Gasteiger partial charge in [0.2, 0.25) is 0 Å². The summed E-state index contributed by atoms with van der Waals surface area (Å²) in [5, 5.41) is 12.0. The van der Waals surface area contributed by atoms with Crippen LogP contribution in [0, 0.1) is 5.92 Å². The maximum atomic E-state index is 12.2. The molecule has 2 aliphatic rings. The van der Waals surface area contributed by atoms with E-state index in [1.54, 1.807) is 11.1 Å². The number of carbonyl (C=O) groups excluding carboxylic acids is 1.